The van der Waals surface area contributed by atoms with E-state index >= 15 is 0 Å². The zero-order chi connectivity index (χ0) is 15.2. The van der Waals surface area contributed by atoms with Crippen molar-refractivity contribution in [2.75, 3.05) is 18.6 Å². The summed E-state index contributed by atoms with van der Waals surface area (Å²) in [7, 11) is 0. The van der Waals surface area contributed by atoms with Crippen LogP contribution in [-0.2, 0) is 4.74 Å². The van der Waals surface area contributed by atoms with Crippen LogP contribution in [0, 0.1) is 0 Å². The zero-order valence-electron chi connectivity index (χ0n) is 11.7. The van der Waals surface area contributed by atoms with E-state index < -0.39 is 6.09 Å². The van der Waals surface area contributed by atoms with Gasteiger partial charge < -0.3 is 15.5 Å². The highest BCUT2D eigenvalue weighted by Gasteiger charge is 2.14. The normalized spacial score (nSPS) is 11.1. The third-order valence-electron chi connectivity index (χ3n) is 2.11. The molecule has 0 saturated carbocycles. The summed E-state index contributed by atoms with van der Waals surface area (Å²) in [6, 6.07) is 5.21. The second-order valence-corrected chi connectivity index (χ2v) is 5.97. The maximum absolute atomic E-state index is 11.4. The number of para-hydroxylation sites is 1. The monoisotopic (exact) mass is 319 g/mol. The molecule has 0 radical (unpaired) electrons. The van der Waals surface area contributed by atoms with Crippen LogP contribution in [0.15, 0.2) is 18.2 Å². The molecular formula is C13H19Cl2N3O2. The van der Waals surface area contributed by atoms with Gasteiger partial charge in [-0.1, -0.05) is 29.3 Å². The lowest BCUT2D eigenvalue weighted by atomic mass is 10.1. The first-order valence-electron chi connectivity index (χ1n) is 6.17. The Bertz CT molecular complexity index is 441. The lowest BCUT2D eigenvalue weighted by molar-refractivity contribution is 0.139. The van der Waals surface area contributed by atoms with E-state index in [9.17, 15) is 4.79 Å². The molecule has 0 aliphatic heterocycles. The minimum atomic E-state index is -0.449. The number of hydrazine groups is 1. The van der Waals surface area contributed by atoms with Gasteiger partial charge in [-0.3, -0.25) is 0 Å². The highest BCUT2D eigenvalue weighted by molar-refractivity contribution is 6.39. The van der Waals surface area contributed by atoms with Gasteiger partial charge in [-0.15, -0.1) is 0 Å². The van der Waals surface area contributed by atoms with Gasteiger partial charge in [0.2, 0.25) is 0 Å². The average Bonchev–Trinajstić information content (AvgIpc) is 2.29. The van der Waals surface area contributed by atoms with E-state index in [1.165, 1.54) is 0 Å². The van der Waals surface area contributed by atoms with E-state index in [2.05, 4.69) is 16.2 Å². The quantitative estimate of drug-likeness (QED) is 0.574. The number of anilines is 1. The summed E-state index contributed by atoms with van der Waals surface area (Å²) < 4.78 is 5.00. The molecule has 5 nitrogen and oxygen atoms in total. The predicted octanol–water partition coefficient (Wildman–Crippen LogP) is 3.43. The number of benzene rings is 1. The van der Waals surface area contributed by atoms with Gasteiger partial charge in [-0.05, 0) is 32.9 Å². The fraction of sp³-hybridized carbons (Fsp3) is 0.462. The van der Waals surface area contributed by atoms with Crippen LogP contribution in [0.4, 0.5) is 10.5 Å². The SMILES string of the molecule is CC(C)(C)NC(=O)OCCNNc1c(Cl)cccc1Cl. The van der Waals surface area contributed by atoms with E-state index in [0.717, 1.165) is 0 Å². The van der Waals surface area contributed by atoms with E-state index in [0.29, 0.717) is 22.3 Å². The number of ether oxygens (including phenoxy) is 1. The van der Waals surface area contributed by atoms with Crippen molar-refractivity contribution >= 4 is 35.0 Å². The summed E-state index contributed by atoms with van der Waals surface area (Å²) in [5.74, 6) is 0. The Labute approximate surface area is 128 Å². The molecule has 1 aromatic carbocycles. The molecule has 7 heteroatoms. The Morgan fingerprint density at radius 3 is 2.40 bits per heavy atom. The predicted molar refractivity (Wildman–Crippen MR) is 82.3 cm³/mol. The molecule has 0 unspecified atom stereocenters. The van der Waals surface area contributed by atoms with Gasteiger partial charge in [0, 0.05) is 12.1 Å². The van der Waals surface area contributed by atoms with Crippen LogP contribution >= 0.6 is 23.2 Å². The number of halogens is 2. The Balaban J connectivity index is 2.24. The van der Waals surface area contributed by atoms with Crippen molar-refractivity contribution in [2.24, 2.45) is 0 Å². The van der Waals surface area contributed by atoms with Crippen molar-refractivity contribution in [1.29, 1.82) is 0 Å². The number of nitrogens with one attached hydrogen (secondary N) is 3. The van der Waals surface area contributed by atoms with Crippen molar-refractivity contribution in [3.05, 3.63) is 28.2 Å². The second-order valence-electron chi connectivity index (χ2n) is 5.16. The highest BCUT2D eigenvalue weighted by Crippen LogP contribution is 2.28. The number of carbonyl (C=O) groups is 1. The molecule has 20 heavy (non-hydrogen) atoms. The van der Waals surface area contributed by atoms with Crippen molar-refractivity contribution in [2.45, 2.75) is 26.3 Å². The molecule has 0 aliphatic carbocycles. The molecule has 0 aliphatic rings. The van der Waals surface area contributed by atoms with Gasteiger partial charge in [-0.2, -0.15) is 0 Å². The Hall–Kier alpha value is -1.17. The van der Waals surface area contributed by atoms with Gasteiger partial charge >= 0.3 is 6.09 Å². The van der Waals surface area contributed by atoms with E-state index in [1.54, 1.807) is 18.2 Å². The molecule has 0 heterocycles. The molecule has 112 valence electrons. The fourth-order valence-corrected chi connectivity index (χ4v) is 1.80. The smallest absolute Gasteiger partial charge is 0.407 e. The van der Waals surface area contributed by atoms with Gasteiger partial charge in [0.05, 0.1) is 15.7 Å². The van der Waals surface area contributed by atoms with Crippen LogP contribution in [0.5, 0.6) is 0 Å². The average molecular weight is 320 g/mol. The molecule has 0 fully saturated rings. The van der Waals surface area contributed by atoms with Crippen LogP contribution in [0.3, 0.4) is 0 Å². The number of rotatable bonds is 5. The van der Waals surface area contributed by atoms with E-state index in [-0.39, 0.29) is 12.1 Å². The summed E-state index contributed by atoms with van der Waals surface area (Å²) in [6.45, 7) is 6.28. The first kappa shape index (κ1) is 16.9. The van der Waals surface area contributed by atoms with Gasteiger partial charge in [0.1, 0.15) is 6.61 Å². The maximum Gasteiger partial charge on any atom is 0.407 e. The molecule has 3 N–H and O–H groups in total. The number of hydrogen-bond acceptors (Lipinski definition) is 4. The Kier molecular flexibility index (Phi) is 6.39. The highest BCUT2D eigenvalue weighted by atomic mass is 35.5. The van der Waals surface area contributed by atoms with Gasteiger partial charge in [0.15, 0.2) is 0 Å². The van der Waals surface area contributed by atoms with E-state index in [1.807, 2.05) is 20.8 Å². The van der Waals surface area contributed by atoms with Crippen molar-refractivity contribution < 1.29 is 9.53 Å². The standard InChI is InChI=1S/C13H19Cl2N3O2/c1-13(2,3)17-12(19)20-8-7-16-18-11-9(14)5-4-6-10(11)15/h4-6,16,18H,7-8H2,1-3H3,(H,17,19). The summed E-state index contributed by atoms with van der Waals surface area (Å²) in [5.41, 5.74) is 6.04. The Morgan fingerprint density at radius 1 is 1.25 bits per heavy atom. The number of amides is 1. The lowest BCUT2D eigenvalue weighted by Crippen LogP contribution is -2.41. The van der Waals surface area contributed by atoms with Crippen molar-refractivity contribution in [3.63, 3.8) is 0 Å². The first-order chi connectivity index (χ1) is 9.29. The molecule has 1 rings (SSSR count). The van der Waals surface area contributed by atoms with E-state index in [4.69, 9.17) is 27.9 Å². The van der Waals surface area contributed by atoms with Crippen LogP contribution in [-0.4, -0.2) is 24.8 Å². The minimum Gasteiger partial charge on any atom is -0.448 e. The molecule has 1 aromatic rings. The van der Waals surface area contributed by atoms with Crippen LogP contribution in [0.25, 0.3) is 0 Å². The molecule has 0 aromatic heterocycles. The zero-order valence-corrected chi connectivity index (χ0v) is 13.2. The number of hydrogen-bond donors (Lipinski definition) is 3. The Morgan fingerprint density at radius 2 is 1.85 bits per heavy atom. The van der Waals surface area contributed by atoms with Gasteiger partial charge in [-0.25, -0.2) is 10.2 Å². The first-order valence-corrected chi connectivity index (χ1v) is 6.93. The van der Waals surface area contributed by atoms with Crippen LogP contribution < -0.4 is 16.2 Å². The molecule has 0 spiro atoms. The molecular weight excluding hydrogens is 301 g/mol. The largest absolute Gasteiger partial charge is 0.448 e. The number of alkyl carbamates (subject to hydrolysis) is 1. The molecule has 1 amide bonds. The van der Waals surface area contributed by atoms with Crippen molar-refractivity contribution in [3.8, 4) is 0 Å². The summed E-state index contributed by atoms with van der Waals surface area (Å²) in [4.78, 5) is 11.4. The third kappa shape index (κ3) is 6.32. The summed E-state index contributed by atoms with van der Waals surface area (Å²) >= 11 is 12.0. The topological polar surface area (TPSA) is 62.4 Å². The second kappa shape index (κ2) is 7.57. The van der Waals surface area contributed by atoms with Crippen LogP contribution in [0.1, 0.15) is 20.8 Å². The summed E-state index contributed by atoms with van der Waals surface area (Å²) in [6.07, 6.45) is -0.449. The summed E-state index contributed by atoms with van der Waals surface area (Å²) in [5, 5.41) is 3.72. The molecule has 0 atom stereocenters. The third-order valence-corrected chi connectivity index (χ3v) is 2.74. The minimum absolute atomic E-state index is 0.219. The molecule has 0 bridgehead atoms. The fourth-order valence-electron chi connectivity index (χ4n) is 1.31. The van der Waals surface area contributed by atoms with Crippen LogP contribution in [0.2, 0.25) is 10.0 Å². The lowest BCUT2D eigenvalue weighted by Gasteiger charge is -2.20. The number of carbonyl (C=O) groups excluding carboxylic acids is 1. The molecule has 0 saturated heterocycles. The van der Waals surface area contributed by atoms with Gasteiger partial charge in [0.25, 0.3) is 0 Å². The van der Waals surface area contributed by atoms with Crippen molar-refractivity contribution in [1.82, 2.24) is 10.7 Å². The maximum atomic E-state index is 11.4.